The number of anilines is 1. The van der Waals surface area contributed by atoms with Crippen molar-refractivity contribution < 1.29 is 12.8 Å². The van der Waals surface area contributed by atoms with E-state index < -0.39 is 15.8 Å². The molecule has 1 aromatic rings. The van der Waals surface area contributed by atoms with Gasteiger partial charge in [0.05, 0.1) is 0 Å². The summed E-state index contributed by atoms with van der Waals surface area (Å²) in [6, 6.07) is 2.55. The van der Waals surface area contributed by atoms with Crippen molar-refractivity contribution in [2.75, 3.05) is 32.4 Å². The zero-order chi connectivity index (χ0) is 15.8. The van der Waals surface area contributed by atoms with Gasteiger partial charge >= 0.3 is 0 Å². The van der Waals surface area contributed by atoms with Crippen LogP contribution in [0.1, 0.15) is 18.9 Å². The van der Waals surface area contributed by atoms with Crippen LogP contribution >= 0.6 is 0 Å². The zero-order valence-corrected chi connectivity index (χ0v) is 13.5. The number of piperazine rings is 1. The van der Waals surface area contributed by atoms with Gasteiger partial charge in [-0.3, -0.25) is 0 Å². The number of nitrogens with two attached hydrogens (primary N) is 1. The third kappa shape index (κ3) is 3.04. The Bertz CT molecular complexity index is 633. The summed E-state index contributed by atoms with van der Waals surface area (Å²) >= 11 is 0. The lowest BCUT2D eigenvalue weighted by atomic mass is 10.1. The first-order valence-corrected chi connectivity index (χ1v) is 8.47. The normalized spacial score (nSPS) is 21.6. The Kier molecular flexibility index (Phi) is 4.55. The van der Waals surface area contributed by atoms with Crippen molar-refractivity contribution in [3.63, 3.8) is 0 Å². The summed E-state index contributed by atoms with van der Waals surface area (Å²) in [5, 5.41) is 0. The van der Waals surface area contributed by atoms with Crippen LogP contribution in [0.4, 0.5) is 10.1 Å². The van der Waals surface area contributed by atoms with E-state index in [1.807, 2.05) is 14.0 Å². The van der Waals surface area contributed by atoms with E-state index in [1.165, 1.54) is 16.4 Å². The van der Waals surface area contributed by atoms with Crippen molar-refractivity contribution >= 4 is 15.7 Å². The lowest BCUT2D eigenvalue weighted by Gasteiger charge is -2.38. The minimum Gasteiger partial charge on any atom is -0.398 e. The maximum atomic E-state index is 14.1. The predicted molar refractivity (Wildman–Crippen MR) is 81.0 cm³/mol. The number of halogens is 1. The van der Waals surface area contributed by atoms with Crippen LogP contribution in [0.5, 0.6) is 0 Å². The molecule has 21 heavy (non-hydrogen) atoms. The fraction of sp³-hybridized carbons (Fsp3) is 0.571. The first kappa shape index (κ1) is 16.2. The molecule has 0 spiro atoms. The number of benzene rings is 1. The van der Waals surface area contributed by atoms with Crippen LogP contribution in [0.15, 0.2) is 17.0 Å². The second-order valence-electron chi connectivity index (χ2n) is 5.54. The van der Waals surface area contributed by atoms with Gasteiger partial charge in [0.25, 0.3) is 0 Å². The van der Waals surface area contributed by atoms with Crippen molar-refractivity contribution in [3.05, 3.63) is 23.5 Å². The standard InChI is InChI=1S/C14H22FN3O2S/c1-4-11-9-18(6-5-17(11)3)21(19,20)14-8-13(16)10(2)7-12(14)15/h7-8,11H,4-6,9,16H2,1-3H3. The number of aryl methyl sites for hydroxylation is 1. The molecule has 1 heterocycles. The maximum absolute atomic E-state index is 14.1. The van der Waals surface area contributed by atoms with Crippen molar-refractivity contribution in [2.24, 2.45) is 0 Å². The Morgan fingerprint density at radius 2 is 2.05 bits per heavy atom. The fourth-order valence-electron chi connectivity index (χ4n) is 2.58. The van der Waals surface area contributed by atoms with E-state index in [2.05, 4.69) is 4.90 Å². The van der Waals surface area contributed by atoms with E-state index in [1.54, 1.807) is 6.92 Å². The first-order valence-electron chi connectivity index (χ1n) is 7.03. The number of hydrogen-bond acceptors (Lipinski definition) is 4. The average Bonchev–Trinajstić information content (AvgIpc) is 2.43. The van der Waals surface area contributed by atoms with Crippen molar-refractivity contribution in [2.45, 2.75) is 31.2 Å². The van der Waals surface area contributed by atoms with Gasteiger partial charge in [0.2, 0.25) is 10.0 Å². The molecule has 1 aliphatic heterocycles. The number of likely N-dealkylation sites (N-methyl/N-ethyl adjacent to an activating group) is 1. The molecule has 2 N–H and O–H groups in total. The molecule has 1 aliphatic rings. The minimum absolute atomic E-state index is 0.152. The second kappa shape index (κ2) is 5.90. The summed E-state index contributed by atoms with van der Waals surface area (Å²) in [5.74, 6) is -0.742. The van der Waals surface area contributed by atoms with Gasteiger partial charge in [-0.1, -0.05) is 6.92 Å². The zero-order valence-electron chi connectivity index (χ0n) is 12.6. The predicted octanol–water partition coefficient (Wildman–Crippen LogP) is 1.43. The fourth-order valence-corrected chi connectivity index (χ4v) is 4.13. The number of hydrogen-bond donors (Lipinski definition) is 1. The molecule has 1 fully saturated rings. The van der Waals surface area contributed by atoms with Gasteiger partial charge in [-0.2, -0.15) is 4.31 Å². The van der Waals surface area contributed by atoms with Crippen LogP contribution < -0.4 is 5.73 Å². The molecule has 0 bridgehead atoms. The smallest absolute Gasteiger partial charge is 0.246 e. The molecule has 1 saturated heterocycles. The maximum Gasteiger partial charge on any atom is 0.246 e. The average molecular weight is 315 g/mol. The van der Waals surface area contributed by atoms with Crippen LogP contribution in [0.25, 0.3) is 0 Å². The largest absolute Gasteiger partial charge is 0.398 e. The van der Waals surface area contributed by atoms with Crippen LogP contribution in [-0.2, 0) is 10.0 Å². The summed E-state index contributed by atoms with van der Waals surface area (Å²) in [5.41, 5.74) is 6.56. The van der Waals surface area contributed by atoms with Gasteiger partial charge in [0, 0.05) is 31.4 Å². The van der Waals surface area contributed by atoms with Crippen molar-refractivity contribution in [3.8, 4) is 0 Å². The highest BCUT2D eigenvalue weighted by atomic mass is 32.2. The van der Waals surface area contributed by atoms with E-state index in [0.717, 1.165) is 6.42 Å². The third-order valence-electron chi connectivity index (χ3n) is 4.15. The SMILES string of the molecule is CCC1CN(S(=O)(=O)c2cc(N)c(C)cc2F)CCN1C. The highest BCUT2D eigenvalue weighted by molar-refractivity contribution is 7.89. The Balaban J connectivity index is 2.37. The van der Waals surface area contributed by atoms with E-state index in [9.17, 15) is 12.8 Å². The van der Waals surface area contributed by atoms with Crippen LogP contribution in [-0.4, -0.2) is 50.3 Å². The van der Waals surface area contributed by atoms with Crippen molar-refractivity contribution in [1.82, 2.24) is 9.21 Å². The van der Waals surface area contributed by atoms with Gasteiger partial charge in [-0.05, 0) is 38.1 Å². The molecule has 2 rings (SSSR count). The molecule has 118 valence electrons. The molecule has 0 saturated carbocycles. The molecular formula is C14H22FN3O2S. The molecule has 0 aliphatic carbocycles. The van der Waals surface area contributed by atoms with Gasteiger partial charge in [0.1, 0.15) is 10.7 Å². The molecule has 1 aromatic carbocycles. The Hall–Kier alpha value is -1.18. The molecular weight excluding hydrogens is 293 g/mol. The topological polar surface area (TPSA) is 66.6 Å². The van der Waals surface area contributed by atoms with Crippen LogP contribution in [0, 0.1) is 12.7 Å². The lowest BCUT2D eigenvalue weighted by Crippen LogP contribution is -2.52. The van der Waals surface area contributed by atoms with E-state index in [0.29, 0.717) is 25.2 Å². The molecule has 1 atom stereocenters. The van der Waals surface area contributed by atoms with Crippen LogP contribution in [0.2, 0.25) is 0 Å². The van der Waals surface area contributed by atoms with Gasteiger partial charge in [-0.15, -0.1) is 0 Å². The summed E-state index contributed by atoms with van der Waals surface area (Å²) in [6.45, 7) is 5.05. The van der Waals surface area contributed by atoms with E-state index in [4.69, 9.17) is 5.73 Å². The van der Waals surface area contributed by atoms with E-state index >= 15 is 0 Å². The molecule has 1 unspecified atom stereocenters. The summed E-state index contributed by atoms with van der Waals surface area (Å²) in [4.78, 5) is 1.80. The number of rotatable bonds is 3. The minimum atomic E-state index is -3.85. The third-order valence-corrected chi connectivity index (χ3v) is 6.03. The summed E-state index contributed by atoms with van der Waals surface area (Å²) < 4.78 is 40.7. The van der Waals surface area contributed by atoms with Crippen LogP contribution in [0.3, 0.4) is 0 Å². The molecule has 5 nitrogen and oxygen atoms in total. The Labute approximate surface area is 125 Å². The Morgan fingerprint density at radius 3 is 2.67 bits per heavy atom. The monoisotopic (exact) mass is 315 g/mol. The molecule has 0 radical (unpaired) electrons. The van der Waals surface area contributed by atoms with Gasteiger partial charge < -0.3 is 10.6 Å². The lowest BCUT2D eigenvalue weighted by molar-refractivity contribution is 0.144. The number of sulfonamides is 1. The highest BCUT2D eigenvalue weighted by Gasteiger charge is 2.33. The van der Waals surface area contributed by atoms with Gasteiger partial charge in [-0.25, -0.2) is 12.8 Å². The van der Waals surface area contributed by atoms with Gasteiger partial charge in [0.15, 0.2) is 0 Å². The number of nitrogen functional groups attached to an aromatic ring is 1. The summed E-state index contributed by atoms with van der Waals surface area (Å²) in [6.07, 6.45) is 0.848. The molecule has 0 amide bonds. The first-order chi connectivity index (χ1) is 9.77. The van der Waals surface area contributed by atoms with Crippen molar-refractivity contribution in [1.29, 1.82) is 0 Å². The molecule has 7 heteroatoms. The second-order valence-corrected chi connectivity index (χ2v) is 7.45. The van der Waals surface area contributed by atoms with E-state index in [-0.39, 0.29) is 16.6 Å². The quantitative estimate of drug-likeness (QED) is 0.857. The Morgan fingerprint density at radius 1 is 1.38 bits per heavy atom. The number of nitrogens with zero attached hydrogens (tertiary/aromatic N) is 2. The molecule has 0 aromatic heterocycles. The summed E-state index contributed by atoms with van der Waals surface area (Å²) in [7, 11) is -1.87. The highest BCUT2D eigenvalue weighted by Crippen LogP contribution is 2.26.